The van der Waals surface area contributed by atoms with Crippen LogP contribution in [0.15, 0.2) is 23.4 Å². The lowest BCUT2D eigenvalue weighted by molar-refractivity contribution is 0.161. The van der Waals surface area contributed by atoms with Gasteiger partial charge in [0.25, 0.3) is 0 Å². The van der Waals surface area contributed by atoms with Crippen LogP contribution in [0.2, 0.25) is 0 Å². The Kier molecular flexibility index (Phi) is 7.74. The SMILES string of the molecule is C/C=C1\C(=N)N(C2CCCCC2)C=C1C1CCN(C(C)C)CC1.CC. The van der Waals surface area contributed by atoms with Crippen LogP contribution in [0.3, 0.4) is 0 Å². The summed E-state index contributed by atoms with van der Waals surface area (Å²) >= 11 is 0. The molecule has 3 nitrogen and oxygen atoms in total. The standard InChI is InChI=1S/C20H33N3.C2H6/c1-4-18-19(16-10-12-22(13-11-16)15(2)3)14-23(20(18)21)17-8-6-5-7-9-17;1-2/h4,14-17,21H,5-13H2,1-3H3;1-2H3/b18-4-,21-20?;. The summed E-state index contributed by atoms with van der Waals surface area (Å²) in [5.74, 6) is 1.41. The van der Waals surface area contributed by atoms with Gasteiger partial charge in [-0.2, -0.15) is 0 Å². The number of nitrogens with zero attached hydrogens (tertiary/aromatic N) is 2. The number of nitrogens with one attached hydrogen (secondary N) is 1. The van der Waals surface area contributed by atoms with E-state index in [0.29, 0.717) is 18.0 Å². The van der Waals surface area contributed by atoms with Gasteiger partial charge < -0.3 is 9.80 Å². The van der Waals surface area contributed by atoms with Gasteiger partial charge in [0, 0.05) is 23.9 Å². The molecule has 1 saturated heterocycles. The Bertz CT molecular complexity index is 489. The van der Waals surface area contributed by atoms with Crippen LogP contribution in [-0.2, 0) is 0 Å². The monoisotopic (exact) mass is 345 g/mol. The van der Waals surface area contributed by atoms with E-state index in [1.165, 1.54) is 69.2 Å². The number of rotatable bonds is 3. The first-order valence-corrected chi connectivity index (χ1v) is 10.6. The van der Waals surface area contributed by atoms with E-state index in [-0.39, 0.29) is 0 Å². The Morgan fingerprint density at radius 1 is 1.04 bits per heavy atom. The summed E-state index contributed by atoms with van der Waals surface area (Å²) in [4.78, 5) is 4.89. The maximum absolute atomic E-state index is 8.65. The van der Waals surface area contributed by atoms with Crippen LogP contribution in [0.4, 0.5) is 0 Å². The van der Waals surface area contributed by atoms with E-state index in [1.807, 2.05) is 13.8 Å². The lowest BCUT2D eigenvalue weighted by Crippen LogP contribution is -2.38. The molecule has 3 rings (SSSR count). The molecule has 25 heavy (non-hydrogen) atoms. The average molecular weight is 346 g/mol. The largest absolute Gasteiger partial charge is 0.330 e. The summed E-state index contributed by atoms with van der Waals surface area (Å²) in [5, 5.41) is 8.65. The second kappa shape index (κ2) is 9.56. The molecule has 142 valence electrons. The van der Waals surface area contributed by atoms with Crippen molar-refractivity contribution in [2.75, 3.05) is 13.1 Å². The summed E-state index contributed by atoms with van der Waals surface area (Å²) in [5.41, 5.74) is 2.66. The van der Waals surface area contributed by atoms with Gasteiger partial charge in [-0.1, -0.05) is 39.2 Å². The predicted molar refractivity (Wildman–Crippen MR) is 109 cm³/mol. The van der Waals surface area contributed by atoms with Gasteiger partial charge in [-0.05, 0) is 71.0 Å². The molecule has 1 saturated carbocycles. The van der Waals surface area contributed by atoms with E-state index < -0.39 is 0 Å². The van der Waals surface area contributed by atoms with Gasteiger partial charge in [0.1, 0.15) is 5.84 Å². The van der Waals surface area contributed by atoms with E-state index in [2.05, 4.69) is 42.8 Å². The lowest BCUT2D eigenvalue weighted by Gasteiger charge is -2.35. The van der Waals surface area contributed by atoms with Crippen molar-refractivity contribution in [1.82, 2.24) is 9.80 Å². The Balaban J connectivity index is 0.00000109. The molecule has 3 heteroatoms. The minimum absolute atomic E-state index is 0.569. The quantitative estimate of drug-likeness (QED) is 0.723. The first-order chi connectivity index (χ1) is 12.1. The molecule has 3 aliphatic rings. The molecule has 0 amide bonds. The van der Waals surface area contributed by atoms with Gasteiger partial charge in [0.05, 0.1) is 0 Å². The highest BCUT2D eigenvalue weighted by molar-refractivity contribution is 6.03. The Morgan fingerprint density at radius 2 is 1.64 bits per heavy atom. The van der Waals surface area contributed by atoms with Crippen LogP contribution in [0.25, 0.3) is 0 Å². The summed E-state index contributed by atoms with van der Waals surface area (Å²) in [6, 6.07) is 1.23. The fourth-order valence-electron chi connectivity index (χ4n) is 4.56. The predicted octanol–water partition coefficient (Wildman–Crippen LogP) is 5.59. The maximum Gasteiger partial charge on any atom is 0.132 e. The van der Waals surface area contributed by atoms with Gasteiger partial charge in [0.15, 0.2) is 0 Å². The molecule has 2 heterocycles. The number of likely N-dealkylation sites (tertiary alicyclic amines) is 1. The smallest absolute Gasteiger partial charge is 0.132 e. The Morgan fingerprint density at radius 3 is 2.16 bits per heavy atom. The van der Waals surface area contributed by atoms with Crippen molar-refractivity contribution in [3.05, 3.63) is 23.4 Å². The molecule has 1 aliphatic carbocycles. The number of hydrogen-bond acceptors (Lipinski definition) is 2. The highest BCUT2D eigenvalue weighted by Crippen LogP contribution is 2.38. The third-order valence-electron chi connectivity index (χ3n) is 6.06. The van der Waals surface area contributed by atoms with E-state index in [9.17, 15) is 0 Å². The second-order valence-electron chi connectivity index (χ2n) is 7.74. The minimum atomic E-state index is 0.569. The minimum Gasteiger partial charge on any atom is -0.330 e. The fraction of sp³-hybridized carbons (Fsp3) is 0.773. The fourth-order valence-corrected chi connectivity index (χ4v) is 4.56. The first kappa shape index (κ1) is 20.2. The topological polar surface area (TPSA) is 30.3 Å². The molecule has 0 spiro atoms. The number of hydrogen-bond donors (Lipinski definition) is 1. The maximum atomic E-state index is 8.65. The number of amidine groups is 1. The van der Waals surface area contributed by atoms with Crippen molar-refractivity contribution in [3.63, 3.8) is 0 Å². The molecule has 2 aliphatic heterocycles. The van der Waals surface area contributed by atoms with Crippen molar-refractivity contribution >= 4 is 5.84 Å². The molecular formula is C22H39N3. The third-order valence-corrected chi connectivity index (χ3v) is 6.06. The van der Waals surface area contributed by atoms with Crippen molar-refractivity contribution in [2.45, 2.75) is 91.6 Å². The van der Waals surface area contributed by atoms with Crippen molar-refractivity contribution in [1.29, 1.82) is 5.41 Å². The van der Waals surface area contributed by atoms with Crippen molar-refractivity contribution in [2.24, 2.45) is 5.92 Å². The van der Waals surface area contributed by atoms with E-state index in [1.54, 1.807) is 0 Å². The summed E-state index contributed by atoms with van der Waals surface area (Å²) in [6.45, 7) is 13.1. The van der Waals surface area contributed by atoms with Gasteiger partial charge in [-0.3, -0.25) is 5.41 Å². The highest BCUT2D eigenvalue weighted by atomic mass is 15.2. The van der Waals surface area contributed by atoms with Crippen LogP contribution in [-0.4, -0.2) is 40.8 Å². The van der Waals surface area contributed by atoms with Crippen LogP contribution >= 0.6 is 0 Å². The van der Waals surface area contributed by atoms with Crippen molar-refractivity contribution in [3.8, 4) is 0 Å². The van der Waals surface area contributed by atoms with Crippen LogP contribution in [0, 0.1) is 11.3 Å². The van der Waals surface area contributed by atoms with Gasteiger partial charge in [-0.25, -0.2) is 0 Å². The summed E-state index contributed by atoms with van der Waals surface area (Å²) < 4.78 is 0. The molecule has 0 aromatic rings. The summed E-state index contributed by atoms with van der Waals surface area (Å²) in [7, 11) is 0. The molecule has 2 fully saturated rings. The normalized spacial score (nSPS) is 25.4. The second-order valence-corrected chi connectivity index (χ2v) is 7.74. The van der Waals surface area contributed by atoms with Crippen molar-refractivity contribution < 1.29 is 0 Å². The molecular weight excluding hydrogens is 306 g/mol. The first-order valence-electron chi connectivity index (χ1n) is 10.6. The Hall–Kier alpha value is -1.09. The van der Waals surface area contributed by atoms with Crippen LogP contribution < -0.4 is 0 Å². The van der Waals surface area contributed by atoms with Crippen LogP contribution in [0.5, 0.6) is 0 Å². The van der Waals surface area contributed by atoms with Gasteiger partial charge in [0.2, 0.25) is 0 Å². The van der Waals surface area contributed by atoms with E-state index in [0.717, 1.165) is 5.84 Å². The summed E-state index contributed by atoms with van der Waals surface area (Å²) in [6.07, 6.45) is 13.6. The number of allylic oxidation sites excluding steroid dienone is 1. The van der Waals surface area contributed by atoms with Gasteiger partial charge >= 0.3 is 0 Å². The molecule has 0 aromatic carbocycles. The lowest BCUT2D eigenvalue weighted by atomic mass is 9.86. The molecule has 0 bridgehead atoms. The zero-order chi connectivity index (χ0) is 18.4. The van der Waals surface area contributed by atoms with Gasteiger partial charge in [-0.15, -0.1) is 0 Å². The highest BCUT2D eigenvalue weighted by Gasteiger charge is 2.34. The Labute approximate surface area is 155 Å². The molecule has 0 aromatic heterocycles. The number of piperidine rings is 1. The van der Waals surface area contributed by atoms with Crippen LogP contribution in [0.1, 0.15) is 79.6 Å². The third kappa shape index (κ3) is 4.55. The van der Waals surface area contributed by atoms with E-state index in [4.69, 9.17) is 5.41 Å². The molecule has 0 unspecified atom stereocenters. The molecule has 1 N–H and O–H groups in total. The zero-order valence-corrected chi connectivity index (χ0v) is 17.1. The molecule has 0 radical (unpaired) electrons. The van der Waals surface area contributed by atoms with E-state index >= 15 is 0 Å². The molecule has 0 atom stereocenters. The average Bonchev–Trinajstić information content (AvgIpc) is 3.00. The zero-order valence-electron chi connectivity index (χ0n) is 17.1.